The van der Waals surface area contributed by atoms with Gasteiger partial charge in [0.15, 0.2) is 0 Å². The molecule has 1 heterocycles. The van der Waals surface area contributed by atoms with Crippen LogP contribution in [0.1, 0.15) is 50.0 Å². The van der Waals surface area contributed by atoms with Crippen molar-refractivity contribution in [2.75, 3.05) is 13.2 Å². The van der Waals surface area contributed by atoms with Gasteiger partial charge in [0.05, 0.1) is 6.10 Å². The number of nitrogens with one attached hydrogen (secondary N) is 1. The molecule has 3 N–H and O–H groups in total. The van der Waals surface area contributed by atoms with Crippen molar-refractivity contribution in [3.05, 3.63) is 23.8 Å². The zero-order chi connectivity index (χ0) is 16.9. The molecule has 1 aromatic heterocycles. The maximum absolute atomic E-state index is 10.4. The van der Waals surface area contributed by atoms with Crippen molar-refractivity contribution in [2.45, 2.75) is 64.0 Å². The fourth-order valence-electron chi connectivity index (χ4n) is 4.55. The Bertz CT molecular complexity index is 519. The van der Waals surface area contributed by atoms with Crippen molar-refractivity contribution < 1.29 is 10.2 Å². The molecule has 0 bridgehead atoms. The number of hydrogen-bond acceptors (Lipinski definition) is 5. The highest BCUT2D eigenvalue weighted by Gasteiger charge is 2.42. The van der Waals surface area contributed by atoms with E-state index in [4.69, 9.17) is 0 Å². The van der Waals surface area contributed by atoms with Crippen molar-refractivity contribution in [3.8, 4) is 0 Å². The Labute approximate surface area is 144 Å². The van der Waals surface area contributed by atoms with Gasteiger partial charge in [-0.3, -0.25) is 0 Å². The van der Waals surface area contributed by atoms with Crippen LogP contribution in [0, 0.1) is 24.7 Å². The summed E-state index contributed by atoms with van der Waals surface area (Å²) in [5, 5.41) is 23.8. The predicted octanol–water partition coefficient (Wildman–Crippen LogP) is 1.86. The molecule has 2 aliphatic rings. The Kier molecular flexibility index (Phi) is 6.19. The highest BCUT2D eigenvalue weighted by atomic mass is 16.3. The highest BCUT2D eigenvalue weighted by molar-refractivity contribution is 5.07. The van der Waals surface area contributed by atoms with Gasteiger partial charge in [0.25, 0.3) is 0 Å². The molecular formula is C19H31N3O2. The van der Waals surface area contributed by atoms with Gasteiger partial charge in [0.2, 0.25) is 0 Å². The molecule has 2 fully saturated rings. The number of aliphatic hydroxyl groups is 2. The van der Waals surface area contributed by atoms with Crippen LogP contribution in [0.3, 0.4) is 0 Å². The van der Waals surface area contributed by atoms with E-state index in [1.165, 1.54) is 32.1 Å². The van der Waals surface area contributed by atoms with E-state index in [0.29, 0.717) is 0 Å². The topological polar surface area (TPSA) is 78.3 Å². The Hall–Kier alpha value is -1.04. The maximum Gasteiger partial charge on any atom is 0.125 e. The third-order valence-electron chi connectivity index (χ3n) is 5.94. The van der Waals surface area contributed by atoms with Crippen molar-refractivity contribution >= 4 is 0 Å². The summed E-state index contributed by atoms with van der Waals surface area (Å²) < 4.78 is 0. The average Bonchev–Trinajstić information content (AvgIpc) is 2.88. The molecule has 5 nitrogen and oxygen atoms in total. The van der Waals surface area contributed by atoms with Crippen LogP contribution < -0.4 is 5.32 Å². The number of hydrogen-bond donors (Lipinski definition) is 3. The van der Waals surface area contributed by atoms with Gasteiger partial charge in [-0.25, -0.2) is 9.97 Å². The third kappa shape index (κ3) is 4.32. The quantitative estimate of drug-likeness (QED) is 0.740. The molecule has 3 rings (SSSR count). The van der Waals surface area contributed by atoms with E-state index in [1.807, 2.05) is 13.0 Å². The lowest BCUT2D eigenvalue weighted by molar-refractivity contribution is 0.0715. The van der Waals surface area contributed by atoms with Crippen LogP contribution in [-0.2, 0) is 6.42 Å². The van der Waals surface area contributed by atoms with E-state index in [-0.39, 0.29) is 24.5 Å². The standard InChI is InChI=1S/C19H31N3O2/c1-13-20-8-7-15(22-13)9-16-17(12-23)19(24)10-18(16)21-11-14-5-3-2-4-6-14/h7-8,14,16-19,21,23-24H,2-6,9-12H2,1H3/t16-,17-,18-,19-/m1/s1. The summed E-state index contributed by atoms with van der Waals surface area (Å²) in [4.78, 5) is 8.67. The molecule has 1 aromatic rings. The second kappa shape index (κ2) is 8.37. The van der Waals surface area contributed by atoms with Gasteiger partial charge < -0.3 is 15.5 Å². The van der Waals surface area contributed by atoms with Crippen LogP contribution in [-0.4, -0.2) is 45.5 Å². The zero-order valence-corrected chi connectivity index (χ0v) is 14.7. The van der Waals surface area contributed by atoms with E-state index in [0.717, 1.165) is 36.8 Å². The average molecular weight is 333 g/mol. The first-order chi connectivity index (χ1) is 11.7. The molecule has 0 spiro atoms. The summed E-state index contributed by atoms with van der Waals surface area (Å²) in [6, 6.07) is 2.21. The minimum absolute atomic E-state index is 0.0392. The van der Waals surface area contributed by atoms with Crippen LogP contribution in [0.2, 0.25) is 0 Å². The fraction of sp³-hybridized carbons (Fsp3) is 0.789. The van der Waals surface area contributed by atoms with Gasteiger partial charge in [0, 0.05) is 30.5 Å². The fourth-order valence-corrected chi connectivity index (χ4v) is 4.55. The Balaban J connectivity index is 1.64. The van der Waals surface area contributed by atoms with Crippen molar-refractivity contribution in [3.63, 3.8) is 0 Å². The summed E-state index contributed by atoms with van der Waals surface area (Å²) in [5.74, 6) is 1.70. The number of nitrogens with zero attached hydrogens (tertiary/aromatic N) is 2. The van der Waals surface area contributed by atoms with Gasteiger partial charge in [-0.1, -0.05) is 19.3 Å². The molecule has 0 radical (unpaired) electrons. The Morgan fingerprint density at radius 1 is 1.21 bits per heavy atom. The lowest BCUT2D eigenvalue weighted by Gasteiger charge is -2.28. The predicted molar refractivity (Wildman–Crippen MR) is 93.5 cm³/mol. The van der Waals surface area contributed by atoms with Crippen LogP contribution in [0.5, 0.6) is 0 Å². The minimum Gasteiger partial charge on any atom is -0.396 e. The largest absolute Gasteiger partial charge is 0.396 e. The van der Waals surface area contributed by atoms with Gasteiger partial charge in [-0.05, 0) is 57.1 Å². The Morgan fingerprint density at radius 3 is 2.71 bits per heavy atom. The maximum atomic E-state index is 10.4. The molecule has 0 saturated heterocycles. The van der Waals surface area contributed by atoms with E-state index < -0.39 is 6.10 Å². The first-order valence-corrected chi connectivity index (χ1v) is 9.48. The van der Waals surface area contributed by atoms with Gasteiger partial charge in [-0.2, -0.15) is 0 Å². The van der Waals surface area contributed by atoms with Crippen molar-refractivity contribution in [1.29, 1.82) is 0 Å². The van der Waals surface area contributed by atoms with E-state index >= 15 is 0 Å². The smallest absolute Gasteiger partial charge is 0.125 e. The van der Waals surface area contributed by atoms with Gasteiger partial charge in [-0.15, -0.1) is 0 Å². The normalized spacial score (nSPS) is 31.5. The molecule has 4 atom stereocenters. The second-order valence-corrected chi connectivity index (χ2v) is 7.63. The molecule has 0 amide bonds. The highest BCUT2D eigenvalue weighted by Crippen LogP contribution is 2.35. The van der Waals surface area contributed by atoms with E-state index in [9.17, 15) is 10.2 Å². The molecule has 134 valence electrons. The number of aliphatic hydroxyl groups excluding tert-OH is 2. The monoisotopic (exact) mass is 333 g/mol. The SMILES string of the molecule is Cc1nccc(C[C@@H]2[C@@H](CO)[C@H](O)C[C@H]2NCC2CCCCC2)n1. The van der Waals surface area contributed by atoms with E-state index in [1.54, 1.807) is 6.20 Å². The first kappa shape index (κ1) is 17.8. The summed E-state index contributed by atoms with van der Waals surface area (Å²) in [5.41, 5.74) is 1.00. The second-order valence-electron chi connectivity index (χ2n) is 7.63. The lowest BCUT2D eigenvalue weighted by Crippen LogP contribution is -2.39. The van der Waals surface area contributed by atoms with Gasteiger partial charge in [0.1, 0.15) is 5.82 Å². The summed E-state index contributed by atoms with van der Waals surface area (Å²) in [6.07, 6.45) is 9.60. The molecule has 2 saturated carbocycles. The van der Waals surface area contributed by atoms with Crippen molar-refractivity contribution in [1.82, 2.24) is 15.3 Å². The van der Waals surface area contributed by atoms with Crippen molar-refractivity contribution in [2.24, 2.45) is 17.8 Å². The summed E-state index contributed by atoms with van der Waals surface area (Å²) in [6.45, 7) is 2.97. The number of aryl methyl sites for hydroxylation is 1. The van der Waals surface area contributed by atoms with Crippen LogP contribution in [0.4, 0.5) is 0 Å². The molecule has 24 heavy (non-hydrogen) atoms. The minimum atomic E-state index is -0.424. The molecular weight excluding hydrogens is 302 g/mol. The van der Waals surface area contributed by atoms with Crippen LogP contribution in [0.25, 0.3) is 0 Å². The Morgan fingerprint density at radius 2 is 2.00 bits per heavy atom. The number of rotatable bonds is 6. The van der Waals surface area contributed by atoms with Crippen LogP contribution >= 0.6 is 0 Å². The molecule has 0 unspecified atom stereocenters. The first-order valence-electron chi connectivity index (χ1n) is 9.48. The van der Waals surface area contributed by atoms with Gasteiger partial charge >= 0.3 is 0 Å². The molecule has 0 aromatic carbocycles. The summed E-state index contributed by atoms with van der Waals surface area (Å²) >= 11 is 0. The molecule has 0 aliphatic heterocycles. The molecule has 2 aliphatic carbocycles. The van der Waals surface area contributed by atoms with E-state index in [2.05, 4.69) is 15.3 Å². The zero-order valence-electron chi connectivity index (χ0n) is 14.7. The molecule has 5 heteroatoms. The lowest BCUT2D eigenvalue weighted by atomic mass is 9.87. The summed E-state index contributed by atoms with van der Waals surface area (Å²) in [7, 11) is 0. The number of aromatic nitrogens is 2. The van der Waals surface area contributed by atoms with Crippen LogP contribution in [0.15, 0.2) is 12.3 Å². The third-order valence-corrected chi connectivity index (χ3v) is 5.94.